The Labute approximate surface area is 124 Å². The molecule has 0 spiro atoms. The summed E-state index contributed by atoms with van der Waals surface area (Å²) in [4.78, 5) is 11.0. The van der Waals surface area contributed by atoms with Crippen molar-refractivity contribution < 1.29 is 0 Å². The molecule has 3 aromatic heterocycles. The van der Waals surface area contributed by atoms with Gasteiger partial charge in [0.05, 0.1) is 5.69 Å². The molecule has 0 aliphatic rings. The van der Waals surface area contributed by atoms with Gasteiger partial charge in [0.1, 0.15) is 14.9 Å². The summed E-state index contributed by atoms with van der Waals surface area (Å²) in [6, 6.07) is 4.14. The summed E-state index contributed by atoms with van der Waals surface area (Å²) in [5.41, 5.74) is 3.51. The predicted octanol–water partition coefficient (Wildman–Crippen LogP) is 2.48. The van der Waals surface area contributed by atoms with Gasteiger partial charge >= 0.3 is 0 Å². The highest BCUT2D eigenvalue weighted by Crippen LogP contribution is 2.35. The molecular weight excluding hydrogens is 292 g/mol. The van der Waals surface area contributed by atoms with E-state index in [1.165, 1.54) is 4.88 Å². The number of hydrogen-bond acceptors (Lipinski definition) is 7. The highest BCUT2D eigenvalue weighted by molar-refractivity contribution is 7.99. The van der Waals surface area contributed by atoms with Crippen molar-refractivity contribution in [2.75, 3.05) is 5.43 Å². The van der Waals surface area contributed by atoms with Gasteiger partial charge in [-0.25, -0.2) is 15.8 Å². The molecule has 0 radical (unpaired) electrons. The summed E-state index contributed by atoms with van der Waals surface area (Å²) in [6.45, 7) is 4.03. The fourth-order valence-electron chi connectivity index (χ4n) is 1.94. The Hall–Kier alpha value is -1.64. The van der Waals surface area contributed by atoms with Gasteiger partial charge in [-0.05, 0) is 37.7 Å². The number of nitrogens with zero attached hydrogens (tertiary/aromatic N) is 4. The SMILES string of the molecule is Cc1cc(Sc2nc(NN)nc3sc(C)cc23)n(C)n1. The first-order valence-electron chi connectivity index (χ1n) is 6.00. The minimum Gasteiger partial charge on any atom is -0.292 e. The molecule has 0 aliphatic heterocycles. The number of hydrogen-bond donors (Lipinski definition) is 2. The summed E-state index contributed by atoms with van der Waals surface area (Å²) in [5.74, 6) is 5.88. The Balaban J connectivity index is 2.11. The zero-order valence-electron chi connectivity index (χ0n) is 11.3. The second-order valence-corrected chi connectivity index (χ2v) is 6.67. The molecule has 0 aromatic carbocycles. The normalized spacial score (nSPS) is 11.2. The van der Waals surface area contributed by atoms with E-state index in [0.717, 1.165) is 26.0 Å². The number of hydrazine groups is 1. The van der Waals surface area contributed by atoms with Crippen molar-refractivity contribution in [2.24, 2.45) is 12.9 Å². The molecule has 0 aliphatic carbocycles. The summed E-state index contributed by atoms with van der Waals surface area (Å²) in [7, 11) is 1.93. The van der Waals surface area contributed by atoms with E-state index >= 15 is 0 Å². The Morgan fingerprint density at radius 3 is 2.75 bits per heavy atom. The molecule has 3 aromatic rings. The first-order valence-corrected chi connectivity index (χ1v) is 7.63. The highest BCUT2D eigenvalue weighted by Gasteiger charge is 2.13. The maximum absolute atomic E-state index is 5.45. The number of thiophene rings is 1. The van der Waals surface area contributed by atoms with Gasteiger partial charge in [0.25, 0.3) is 0 Å². The summed E-state index contributed by atoms with van der Waals surface area (Å²) < 4.78 is 1.85. The average Bonchev–Trinajstić information content (AvgIpc) is 2.91. The van der Waals surface area contributed by atoms with E-state index in [9.17, 15) is 0 Å². The van der Waals surface area contributed by atoms with Crippen molar-refractivity contribution in [1.82, 2.24) is 19.7 Å². The van der Waals surface area contributed by atoms with E-state index in [1.54, 1.807) is 23.1 Å². The topological polar surface area (TPSA) is 81.6 Å². The van der Waals surface area contributed by atoms with Crippen LogP contribution in [-0.4, -0.2) is 19.7 Å². The van der Waals surface area contributed by atoms with E-state index in [4.69, 9.17) is 5.84 Å². The molecule has 104 valence electrons. The van der Waals surface area contributed by atoms with Crippen molar-refractivity contribution in [1.29, 1.82) is 0 Å². The minimum atomic E-state index is 0.431. The number of aryl methyl sites for hydroxylation is 3. The lowest BCUT2D eigenvalue weighted by molar-refractivity contribution is 0.692. The fourth-order valence-corrected chi connectivity index (χ4v) is 3.88. The Morgan fingerprint density at radius 1 is 1.30 bits per heavy atom. The Bertz CT molecular complexity index is 776. The fraction of sp³-hybridized carbons (Fsp3) is 0.250. The second kappa shape index (κ2) is 5.04. The lowest BCUT2D eigenvalue weighted by atomic mass is 10.4. The third kappa shape index (κ3) is 2.37. The van der Waals surface area contributed by atoms with Crippen LogP contribution in [0.25, 0.3) is 10.2 Å². The van der Waals surface area contributed by atoms with Crippen LogP contribution in [-0.2, 0) is 7.05 Å². The molecule has 3 heterocycles. The average molecular weight is 306 g/mol. The van der Waals surface area contributed by atoms with E-state index in [0.29, 0.717) is 5.95 Å². The second-order valence-electron chi connectivity index (χ2n) is 4.42. The maximum Gasteiger partial charge on any atom is 0.239 e. The van der Waals surface area contributed by atoms with Gasteiger partial charge in [-0.2, -0.15) is 5.10 Å². The van der Waals surface area contributed by atoms with E-state index in [2.05, 4.69) is 33.5 Å². The first-order chi connectivity index (χ1) is 9.56. The van der Waals surface area contributed by atoms with Crippen LogP contribution in [0.5, 0.6) is 0 Å². The van der Waals surface area contributed by atoms with Crippen LogP contribution in [0.2, 0.25) is 0 Å². The lowest BCUT2D eigenvalue weighted by Crippen LogP contribution is -2.10. The van der Waals surface area contributed by atoms with Crippen LogP contribution in [0.1, 0.15) is 10.6 Å². The molecule has 0 amide bonds. The number of anilines is 1. The van der Waals surface area contributed by atoms with Gasteiger partial charge in [-0.1, -0.05) is 0 Å². The third-order valence-electron chi connectivity index (χ3n) is 2.77. The number of aromatic nitrogens is 4. The number of nitrogens with two attached hydrogens (primary N) is 1. The smallest absolute Gasteiger partial charge is 0.239 e. The number of nitrogen functional groups attached to an aromatic ring is 1. The number of rotatable bonds is 3. The lowest BCUT2D eigenvalue weighted by Gasteiger charge is -2.05. The van der Waals surface area contributed by atoms with Crippen LogP contribution in [0, 0.1) is 13.8 Å². The van der Waals surface area contributed by atoms with Crippen LogP contribution >= 0.6 is 23.1 Å². The highest BCUT2D eigenvalue weighted by atomic mass is 32.2. The van der Waals surface area contributed by atoms with Gasteiger partial charge in [0, 0.05) is 17.3 Å². The zero-order valence-corrected chi connectivity index (χ0v) is 13.0. The molecule has 3 N–H and O–H groups in total. The largest absolute Gasteiger partial charge is 0.292 e. The molecule has 8 heteroatoms. The number of nitrogens with one attached hydrogen (secondary N) is 1. The summed E-state index contributed by atoms with van der Waals surface area (Å²) >= 11 is 3.20. The van der Waals surface area contributed by atoms with Crippen LogP contribution in [0.3, 0.4) is 0 Å². The van der Waals surface area contributed by atoms with Crippen molar-refractivity contribution in [3.05, 3.63) is 22.7 Å². The van der Waals surface area contributed by atoms with Gasteiger partial charge in [0.2, 0.25) is 5.95 Å². The molecule has 6 nitrogen and oxygen atoms in total. The zero-order chi connectivity index (χ0) is 14.3. The Kier molecular flexibility index (Phi) is 3.36. The summed E-state index contributed by atoms with van der Waals surface area (Å²) in [6.07, 6.45) is 0. The third-order valence-corrected chi connectivity index (χ3v) is 4.81. The van der Waals surface area contributed by atoms with Crippen molar-refractivity contribution in [3.8, 4) is 0 Å². The molecule has 20 heavy (non-hydrogen) atoms. The predicted molar refractivity (Wildman–Crippen MR) is 82.0 cm³/mol. The monoisotopic (exact) mass is 306 g/mol. The van der Waals surface area contributed by atoms with E-state index in [-0.39, 0.29) is 0 Å². The minimum absolute atomic E-state index is 0.431. The van der Waals surface area contributed by atoms with E-state index in [1.807, 2.05) is 24.7 Å². The molecule has 0 atom stereocenters. The molecule has 3 rings (SSSR count). The molecular formula is C12H14N6S2. The quantitative estimate of drug-likeness (QED) is 0.439. The van der Waals surface area contributed by atoms with Gasteiger partial charge in [0.15, 0.2) is 0 Å². The van der Waals surface area contributed by atoms with Crippen LogP contribution in [0.4, 0.5) is 5.95 Å². The van der Waals surface area contributed by atoms with Crippen molar-refractivity contribution in [3.63, 3.8) is 0 Å². The van der Waals surface area contributed by atoms with Crippen molar-refractivity contribution >= 4 is 39.3 Å². The first kappa shape index (κ1) is 13.3. The van der Waals surface area contributed by atoms with Crippen LogP contribution < -0.4 is 11.3 Å². The number of fused-ring (bicyclic) bond motifs is 1. The van der Waals surface area contributed by atoms with Crippen LogP contribution in [0.15, 0.2) is 22.2 Å². The van der Waals surface area contributed by atoms with Gasteiger partial charge < -0.3 is 0 Å². The Morgan fingerprint density at radius 2 is 2.10 bits per heavy atom. The van der Waals surface area contributed by atoms with Gasteiger partial charge in [-0.3, -0.25) is 10.1 Å². The molecule has 0 bridgehead atoms. The maximum atomic E-state index is 5.45. The molecule has 0 fully saturated rings. The van der Waals surface area contributed by atoms with Gasteiger partial charge in [-0.15, -0.1) is 11.3 Å². The molecule has 0 saturated heterocycles. The summed E-state index contributed by atoms with van der Waals surface area (Å²) in [5, 5.41) is 7.32. The molecule has 0 unspecified atom stereocenters. The standard InChI is InChI=1S/C12H14N6S2/c1-6-4-9(18(3)17-6)20-11-8-5-7(2)19-10(8)14-12(15-11)16-13/h4-5H,13H2,1-3H3,(H,14,15,16). The van der Waals surface area contributed by atoms with Crippen molar-refractivity contribution in [2.45, 2.75) is 23.9 Å². The molecule has 0 saturated carbocycles. The van der Waals surface area contributed by atoms with E-state index < -0.39 is 0 Å².